The number of likely N-dealkylation sites (N-methyl/N-ethyl adjacent to an activating group) is 1. The molecule has 17 heavy (non-hydrogen) atoms. The Morgan fingerprint density at radius 3 is 2.76 bits per heavy atom. The normalized spacial score (nSPS) is 12.1. The summed E-state index contributed by atoms with van der Waals surface area (Å²) in [6.07, 6.45) is 0. The summed E-state index contributed by atoms with van der Waals surface area (Å²) < 4.78 is 26.1. The van der Waals surface area contributed by atoms with Crippen LogP contribution in [0.1, 0.15) is 6.92 Å². The lowest BCUT2D eigenvalue weighted by Gasteiger charge is -2.23. The van der Waals surface area contributed by atoms with E-state index in [1.54, 1.807) is 6.92 Å². The van der Waals surface area contributed by atoms with Gasteiger partial charge in [0.1, 0.15) is 11.6 Å². The lowest BCUT2D eigenvalue weighted by Crippen LogP contribution is -2.40. The molecule has 2 N–H and O–H groups in total. The number of carbonyl (C=O) groups is 1. The number of rotatable bonds is 3. The quantitative estimate of drug-likeness (QED) is 0.852. The van der Waals surface area contributed by atoms with Gasteiger partial charge in [-0.25, -0.2) is 13.6 Å². The van der Waals surface area contributed by atoms with Gasteiger partial charge in [0, 0.05) is 13.1 Å². The molecule has 1 rings (SSSR count). The number of benzene rings is 1. The second kappa shape index (κ2) is 5.58. The number of amides is 2. The molecule has 0 bridgehead atoms. The van der Waals surface area contributed by atoms with Crippen LogP contribution in [0.2, 0.25) is 0 Å². The van der Waals surface area contributed by atoms with Gasteiger partial charge in [0.05, 0.1) is 18.3 Å². The van der Waals surface area contributed by atoms with Gasteiger partial charge in [-0.05, 0) is 19.1 Å². The fourth-order valence-electron chi connectivity index (χ4n) is 1.12. The first kappa shape index (κ1) is 13.4. The maximum Gasteiger partial charge on any atom is 0.321 e. The number of halogens is 2. The van der Waals surface area contributed by atoms with Gasteiger partial charge in [0.2, 0.25) is 0 Å². The highest BCUT2D eigenvalue weighted by atomic mass is 19.1. The summed E-state index contributed by atoms with van der Waals surface area (Å²) in [5, 5.41) is 11.1. The molecule has 0 saturated carbocycles. The minimum atomic E-state index is -0.718. The van der Waals surface area contributed by atoms with E-state index in [4.69, 9.17) is 5.11 Å². The largest absolute Gasteiger partial charge is 0.394 e. The third-order valence-electron chi connectivity index (χ3n) is 2.42. The van der Waals surface area contributed by atoms with E-state index in [1.165, 1.54) is 11.9 Å². The molecule has 2 amide bonds. The van der Waals surface area contributed by atoms with Crippen molar-refractivity contribution in [3.05, 3.63) is 29.8 Å². The molecule has 1 aromatic carbocycles. The average Bonchev–Trinajstić information content (AvgIpc) is 2.31. The Morgan fingerprint density at radius 2 is 2.18 bits per heavy atom. The third kappa shape index (κ3) is 3.39. The molecule has 94 valence electrons. The number of urea groups is 1. The summed E-state index contributed by atoms with van der Waals surface area (Å²) in [4.78, 5) is 12.8. The molecule has 0 spiro atoms. The van der Waals surface area contributed by atoms with Crippen LogP contribution in [-0.4, -0.2) is 35.7 Å². The number of anilines is 1. The van der Waals surface area contributed by atoms with E-state index in [1.807, 2.05) is 0 Å². The first-order chi connectivity index (χ1) is 7.95. The summed E-state index contributed by atoms with van der Waals surface area (Å²) in [7, 11) is 1.45. The molecule has 0 radical (unpaired) electrons. The van der Waals surface area contributed by atoms with Gasteiger partial charge < -0.3 is 15.3 Å². The third-order valence-corrected chi connectivity index (χ3v) is 2.42. The summed E-state index contributed by atoms with van der Waals surface area (Å²) in [6, 6.07) is 1.76. The lowest BCUT2D eigenvalue weighted by molar-refractivity contribution is 0.166. The molecule has 0 aliphatic rings. The molecule has 1 atom stereocenters. The van der Waals surface area contributed by atoms with Gasteiger partial charge in [-0.1, -0.05) is 0 Å². The van der Waals surface area contributed by atoms with Crippen LogP contribution in [0, 0.1) is 11.6 Å². The Hall–Kier alpha value is -1.69. The fourth-order valence-corrected chi connectivity index (χ4v) is 1.12. The van der Waals surface area contributed by atoms with Crippen molar-refractivity contribution in [1.29, 1.82) is 0 Å². The van der Waals surface area contributed by atoms with Crippen LogP contribution in [0.4, 0.5) is 19.3 Å². The maximum absolute atomic E-state index is 13.2. The molecule has 0 saturated heterocycles. The monoisotopic (exact) mass is 244 g/mol. The SMILES string of the molecule is CC(CO)N(C)C(=O)Nc1cc(F)ccc1F. The Kier molecular flexibility index (Phi) is 4.39. The van der Waals surface area contributed by atoms with Crippen molar-refractivity contribution >= 4 is 11.7 Å². The lowest BCUT2D eigenvalue weighted by atomic mass is 10.3. The summed E-state index contributed by atoms with van der Waals surface area (Å²) >= 11 is 0. The number of aliphatic hydroxyl groups is 1. The van der Waals surface area contributed by atoms with Crippen LogP contribution in [-0.2, 0) is 0 Å². The van der Waals surface area contributed by atoms with Crippen molar-refractivity contribution in [3.63, 3.8) is 0 Å². The van der Waals surface area contributed by atoms with Gasteiger partial charge in [-0.3, -0.25) is 0 Å². The highest BCUT2D eigenvalue weighted by Crippen LogP contribution is 2.15. The van der Waals surface area contributed by atoms with Crippen molar-refractivity contribution in [3.8, 4) is 0 Å². The molecular formula is C11H14F2N2O2. The second-order valence-corrected chi connectivity index (χ2v) is 3.70. The molecule has 0 aliphatic carbocycles. The van der Waals surface area contributed by atoms with E-state index in [0.29, 0.717) is 0 Å². The maximum atomic E-state index is 13.2. The van der Waals surface area contributed by atoms with Gasteiger partial charge in [-0.15, -0.1) is 0 Å². The molecule has 0 fully saturated rings. The van der Waals surface area contributed by atoms with Crippen LogP contribution in [0.25, 0.3) is 0 Å². The fraction of sp³-hybridized carbons (Fsp3) is 0.364. The van der Waals surface area contributed by atoms with Gasteiger partial charge >= 0.3 is 6.03 Å². The minimum Gasteiger partial charge on any atom is -0.394 e. The Balaban J connectivity index is 2.77. The molecule has 0 heterocycles. The topological polar surface area (TPSA) is 52.6 Å². The van der Waals surface area contributed by atoms with Gasteiger partial charge in [0.15, 0.2) is 0 Å². The molecule has 1 unspecified atom stereocenters. The molecule has 0 aliphatic heterocycles. The zero-order valence-corrected chi connectivity index (χ0v) is 9.58. The van der Waals surface area contributed by atoms with Crippen molar-refractivity contribution in [1.82, 2.24) is 4.90 Å². The van der Waals surface area contributed by atoms with Crippen LogP contribution < -0.4 is 5.32 Å². The van der Waals surface area contributed by atoms with Crippen molar-refractivity contribution in [2.24, 2.45) is 0 Å². The number of hydrogen-bond acceptors (Lipinski definition) is 2. The Morgan fingerprint density at radius 1 is 1.53 bits per heavy atom. The highest BCUT2D eigenvalue weighted by Gasteiger charge is 2.16. The van der Waals surface area contributed by atoms with Gasteiger partial charge in [-0.2, -0.15) is 0 Å². The van der Waals surface area contributed by atoms with Crippen LogP contribution >= 0.6 is 0 Å². The van der Waals surface area contributed by atoms with Crippen molar-refractivity contribution in [2.75, 3.05) is 19.0 Å². The summed E-state index contributed by atoms with van der Waals surface area (Å²) in [6.45, 7) is 1.41. The molecule has 4 nitrogen and oxygen atoms in total. The second-order valence-electron chi connectivity index (χ2n) is 3.70. The zero-order chi connectivity index (χ0) is 13.0. The number of carbonyl (C=O) groups excluding carboxylic acids is 1. The zero-order valence-electron chi connectivity index (χ0n) is 9.58. The number of nitrogens with one attached hydrogen (secondary N) is 1. The number of nitrogens with zero attached hydrogens (tertiary/aromatic N) is 1. The van der Waals surface area contributed by atoms with Crippen molar-refractivity contribution < 1.29 is 18.7 Å². The minimum absolute atomic E-state index is 0.213. The summed E-state index contributed by atoms with van der Waals surface area (Å²) in [5.74, 6) is -1.36. The first-order valence-corrected chi connectivity index (χ1v) is 5.05. The van der Waals surface area contributed by atoms with Crippen LogP contribution in [0.3, 0.4) is 0 Å². The average molecular weight is 244 g/mol. The van der Waals surface area contributed by atoms with Crippen LogP contribution in [0.15, 0.2) is 18.2 Å². The Bertz CT molecular complexity index is 412. The molecule has 6 heteroatoms. The highest BCUT2D eigenvalue weighted by molar-refractivity contribution is 5.89. The van der Waals surface area contributed by atoms with E-state index in [0.717, 1.165) is 18.2 Å². The van der Waals surface area contributed by atoms with Crippen molar-refractivity contribution in [2.45, 2.75) is 13.0 Å². The first-order valence-electron chi connectivity index (χ1n) is 5.05. The van der Waals surface area contributed by atoms with Crippen LogP contribution in [0.5, 0.6) is 0 Å². The van der Waals surface area contributed by atoms with E-state index in [-0.39, 0.29) is 12.3 Å². The van der Waals surface area contributed by atoms with E-state index < -0.39 is 23.7 Å². The molecular weight excluding hydrogens is 230 g/mol. The number of aliphatic hydroxyl groups excluding tert-OH is 1. The van der Waals surface area contributed by atoms with E-state index in [2.05, 4.69) is 5.32 Å². The van der Waals surface area contributed by atoms with E-state index in [9.17, 15) is 13.6 Å². The van der Waals surface area contributed by atoms with E-state index >= 15 is 0 Å². The smallest absolute Gasteiger partial charge is 0.321 e. The van der Waals surface area contributed by atoms with Gasteiger partial charge in [0.25, 0.3) is 0 Å². The predicted octanol–water partition coefficient (Wildman–Crippen LogP) is 1.81. The Labute approximate surface area is 97.9 Å². The summed E-state index contributed by atoms with van der Waals surface area (Å²) in [5.41, 5.74) is -0.230. The molecule has 0 aromatic heterocycles. The predicted molar refractivity (Wildman–Crippen MR) is 59.7 cm³/mol. The number of hydrogen-bond donors (Lipinski definition) is 2. The molecule has 1 aromatic rings. The standard InChI is InChI=1S/C11H14F2N2O2/c1-7(6-16)15(2)11(17)14-10-5-8(12)3-4-9(10)13/h3-5,7,16H,6H2,1-2H3,(H,14,17).